The van der Waals surface area contributed by atoms with Gasteiger partial charge in [-0.25, -0.2) is 9.52 Å². The molecule has 1 fully saturated rings. The molecule has 156 valence electrons. The van der Waals surface area contributed by atoms with Crippen LogP contribution in [0.3, 0.4) is 0 Å². The van der Waals surface area contributed by atoms with E-state index in [9.17, 15) is 4.79 Å². The minimum atomic E-state index is -0.0512. The summed E-state index contributed by atoms with van der Waals surface area (Å²) in [6.45, 7) is 9.49. The molecule has 5 rings (SSSR count). The molecule has 8 heteroatoms. The molecular weight excluding hydrogens is 395 g/mol. The second-order valence-electron chi connectivity index (χ2n) is 8.25. The third-order valence-electron chi connectivity index (χ3n) is 6.22. The van der Waals surface area contributed by atoms with Crippen molar-refractivity contribution >= 4 is 31.0 Å². The summed E-state index contributed by atoms with van der Waals surface area (Å²) in [6, 6.07) is 2.03. The topological polar surface area (TPSA) is 66.1 Å². The molecule has 3 aliphatic rings. The van der Waals surface area contributed by atoms with Crippen molar-refractivity contribution in [2.24, 2.45) is 11.0 Å². The Morgan fingerprint density at radius 3 is 2.80 bits per heavy atom. The molecule has 0 bridgehead atoms. The largest absolute Gasteiger partial charge is 0.304 e. The number of hydrogen-bond donors (Lipinski definition) is 0. The quantitative estimate of drug-likeness (QED) is 0.713. The van der Waals surface area contributed by atoms with Gasteiger partial charge in [0.25, 0.3) is 5.91 Å². The van der Waals surface area contributed by atoms with Crippen molar-refractivity contribution in [1.29, 1.82) is 0 Å². The lowest BCUT2D eigenvalue weighted by Gasteiger charge is -2.35. The normalized spacial score (nSPS) is 23.8. The van der Waals surface area contributed by atoms with Gasteiger partial charge in [-0.2, -0.15) is 10.2 Å². The van der Waals surface area contributed by atoms with Crippen molar-refractivity contribution in [3.63, 3.8) is 0 Å². The Labute approximate surface area is 178 Å². The summed E-state index contributed by atoms with van der Waals surface area (Å²) in [5.74, 6) is 0.385. The van der Waals surface area contributed by atoms with E-state index in [4.69, 9.17) is 10.2 Å². The molecule has 2 aromatic heterocycles. The number of aromatic nitrogens is 3. The van der Waals surface area contributed by atoms with E-state index >= 15 is 0 Å². The highest BCUT2D eigenvalue weighted by Crippen LogP contribution is 2.44. The molecule has 1 amide bonds. The molecule has 2 aromatic rings. The summed E-state index contributed by atoms with van der Waals surface area (Å²) in [5, 5.41) is 12.2. The second-order valence-corrected chi connectivity index (χ2v) is 9.67. The number of nitrogens with zero attached hydrogens (tertiary/aromatic N) is 6. The number of aryl methyl sites for hydroxylation is 2. The van der Waals surface area contributed by atoms with Crippen LogP contribution < -0.4 is 0 Å². The first-order valence-electron chi connectivity index (χ1n) is 10.7. The minimum absolute atomic E-state index is 0.0113. The summed E-state index contributed by atoms with van der Waals surface area (Å²) in [7, 11) is 0.427. The maximum absolute atomic E-state index is 12.9. The lowest BCUT2D eigenvalue weighted by molar-refractivity contribution is -0.126. The van der Waals surface area contributed by atoms with Crippen LogP contribution in [0.15, 0.2) is 35.6 Å². The van der Waals surface area contributed by atoms with E-state index in [1.807, 2.05) is 30.6 Å². The molecule has 0 N–H and O–H groups in total. The first kappa shape index (κ1) is 19.6. The maximum atomic E-state index is 12.9. The van der Waals surface area contributed by atoms with E-state index < -0.39 is 0 Å². The molecule has 0 radical (unpaired) electrons. The van der Waals surface area contributed by atoms with Crippen molar-refractivity contribution in [2.45, 2.75) is 39.4 Å². The van der Waals surface area contributed by atoms with Crippen LogP contribution in [0.2, 0.25) is 0 Å². The highest BCUT2D eigenvalue weighted by atomic mass is 31.1. The summed E-state index contributed by atoms with van der Waals surface area (Å²) in [5.41, 5.74) is 4.77. The van der Waals surface area contributed by atoms with Crippen molar-refractivity contribution in [2.75, 3.05) is 19.6 Å². The van der Waals surface area contributed by atoms with Crippen molar-refractivity contribution < 1.29 is 4.79 Å². The van der Waals surface area contributed by atoms with Crippen LogP contribution in [0, 0.1) is 19.8 Å². The number of likely N-dealkylation sites (tertiary alicyclic amines) is 1. The molecule has 3 aliphatic heterocycles. The molecular formula is C22H27N6OP. The van der Waals surface area contributed by atoms with Crippen LogP contribution in [0.25, 0.3) is 10.8 Å². The summed E-state index contributed by atoms with van der Waals surface area (Å²) in [6.07, 6.45) is 10.2. The number of amides is 1. The highest BCUT2D eigenvalue weighted by molar-refractivity contribution is 7.51. The van der Waals surface area contributed by atoms with Crippen LogP contribution in [0.5, 0.6) is 0 Å². The van der Waals surface area contributed by atoms with Crippen LogP contribution in [-0.2, 0) is 4.79 Å². The van der Waals surface area contributed by atoms with E-state index in [1.54, 1.807) is 11.1 Å². The Bertz CT molecular complexity index is 1090. The zero-order valence-electron chi connectivity index (χ0n) is 17.7. The molecule has 30 heavy (non-hydrogen) atoms. The third kappa shape index (κ3) is 3.50. The van der Waals surface area contributed by atoms with Gasteiger partial charge in [0, 0.05) is 17.3 Å². The van der Waals surface area contributed by atoms with Crippen LogP contribution in [-0.4, -0.2) is 61.5 Å². The number of hydrazone groups is 1. The molecule has 2 atom stereocenters. The van der Waals surface area contributed by atoms with Crippen molar-refractivity contribution in [3.05, 3.63) is 47.6 Å². The first-order chi connectivity index (χ1) is 14.5. The zero-order valence-corrected chi connectivity index (χ0v) is 18.7. The van der Waals surface area contributed by atoms with Gasteiger partial charge in [0.05, 0.1) is 40.3 Å². The van der Waals surface area contributed by atoms with Crippen molar-refractivity contribution in [1.82, 2.24) is 24.5 Å². The van der Waals surface area contributed by atoms with Crippen LogP contribution >= 0.6 is 8.58 Å². The van der Waals surface area contributed by atoms with Gasteiger partial charge in [-0.15, -0.1) is 0 Å². The van der Waals surface area contributed by atoms with Gasteiger partial charge in [-0.1, -0.05) is 21.6 Å². The molecule has 0 spiro atoms. The van der Waals surface area contributed by atoms with E-state index in [1.165, 1.54) is 0 Å². The first-order valence-corrected chi connectivity index (χ1v) is 11.7. The standard InChI is InChI=1S/C22H27N6OP/c1-4-26-9-7-16(8-10-26)17-5-6-22-28(25-17)21(29)12-20(30-22)18-11-19-15(3)23-14(2)13-27(19)24-18/h5-6,11-13,16,22,30H,4,7-10H2,1-3H3. The number of rotatable bonds is 3. The predicted molar refractivity (Wildman–Crippen MR) is 121 cm³/mol. The SMILES string of the molecule is CCN1CCC(C2=NN3C(=O)C=C(c4cc5c(C)nc(C)cn5n4)PC3C=C2)CC1. The Morgan fingerprint density at radius 1 is 1.23 bits per heavy atom. The molecule has 1 saturated heterocycles. The van der Waals surface area contributed by atoms with Crippen molar-refractivity contribution in [3.8, 4) is 0 Å². The fraction of sp³-hybridized carbons (Fsp3) is 0.455. The van der Waals surface area contributed by atoms with E-state index in [0.29, 0.717) is 14.5 Å². The Morgan fingerprint density at radius 2 is 2.03 bits per heavy atom. The maximum Gasteiger partial charge on any atom is 0.268 e. The fourth-order valence-corrected chi connectivity index (χ4v) is 5.81. The smallest absolute Gasteiger partial charge is 0.268 e. The molecule has 7 nitrogen and oxygen atoms in total. The van der Waals surface area contributed by atoms with E-state index in [0.717, 1.165) is 66.1 Å². The molecule has 2 unspecified atom stereocenters. The minimum Gasteiger partial charge on any atom is -0.304 e. The molecule has 0 saturated carbocycles. The van der Waals surface area contributed by atoms with Gasteiger partial charge >= 0.3 is 0 Å². The van der Waals surface area contributed by atoms with E-state index in [-0.39, 0.29) is 11.7 Å². The zero-order chi connectivity index (χ0) is 20.8. The van der Waals surface area contributed by atoms with Gasteiger partial charge in [-0.3, -0.25) is 9.78 Å². The van der Waals surface area contributed by atoms with E-state index in [2.05, 4.69) is 29.0 Å². The summed E-state index contributed by atoms with van der Waals surface area (Å²) in [4.78, 5) is 19.9. The van der Waals surface area contributed by atoms with Gasteiger partial charge < -0.3 is 4.90 Å². The molecule has 0 aromatic carbocycles. The number of allylic oxidation sites excluding steroid dienone is 1. The summed E-state index contributed by atoms with van der Waals surface area (Å²) >= 11 is 0. The Balaban J connectivity index is 1.38. The Hall–Kier alpha value is -2.37. The van der Waals surface area contributed by atoms with Crippen LogP contribution in [0.1, 0.15) is 36.8 Å². The fourth-order valence-electron chi connectivity index (χ4n) is 4.51. The average Bonchev–Trinajstić information content (AvgIpc) is 3.18. The molecule has 0 aliphatic carbocycles. The predicted octanol–water partition coefficient (Wildman–Crippen LogP) is 3.19. The number of carbonyl (C=O) groups excluding carboxylic acids is 1. The van der Waals surface area contributed by atoms with Gasteiger partial charge in [0.15, 0.2) is 0 Å². The van der Waals surface area contributed by atoms with Gasteiger partial charge in [-0.05, 0) is 58.5 Å². The lowest BCUT2D eigenvalue weighted by atomic mass is 9.91. The average molecular weight is 422 g/mol. The number of piperidine rings is 1. The highest BCUT2D eigenvalue weighted by Gasteiger charge is 2.33. The summed E-state index contributed by atoms with van der Waals surface area (Å²) < 4.78 is 1.87. The number of fused-ring (bicyclic) bond motifs is 2. The number of hydrogen-bond acceptors (Lipinski definition) is 5. The van der Waals surface area contributed by atoms with Crippen LogP contribution in [0.4, 0.5) is 0 Å². The second kappa shape index (κ2) is 7.71. The van der Waals surface area contributed by atoms with Gasteiger partial charge in [0.2, 0.25) is 0 Å². The Kier molecular flexibility index (Phi) is 5.03. The monoisotopic (exact) mass is 422 g/mol. The lowest BCUT2D eigenvalue weighted by Crippen LogP contribution is -2.40. The van der Waals surface area contributed by atoms with Gasteiger partial charge in [0.1, 0.15) is 0 Å². The third-order valence-corrected chi connectivity index (χ3v) is 7.67. The number of carbonyl (C=O) groups is 1. The molecule has 5 heterocycles.